The van der Waals surface area contributed by atoms with Gasteiger partial charge >= 0.3 is 0 Å². The normalized spacial score (nSPS) is 18.2. The van der Waals surface area contributed by atoms with Crippen molar-refractivity contribution in [3.05, 3.63) is 60.2 Å². The number of hydrogen-bond acceptors (Lipinski definition) is 6. The molecular formula is C23H26N4O4. The molecule has 2 aliphatic rings. The smallest absolute Gasteiger partial charge is 0.265 e. The number of morpholine rings is 1. The van der Waals surface area contributed by atoms with Crippen LogP contribution in [0.3, 0.4) is 0 Å². The minimum atomic E-state index is -0.363. The number of hydrazone groups is 1. The molecule has 162 valence electrons. The van der Waals surface area contributed by atoms with Gasteiger partial charge in [-0.15, -0.1) is 0 Å². The van der Waals surface area contributed by atoms with Gasteiger partial charge in [-0.05, 0) is 24.6 Å². The number of carbonyl (C=O) groups is 2. The Morgan fingerprint density at radius 3 is 2.58 bits per heavy atom. The van der Waals surface area contributed by atoms with E-state index in [9.17, 15) is 9.59 Å². The predicted octanol–water partition coefficient (Wildman–Crippen LogP) is 1.98. The van der Waals surface area contributed by atoms with Crippen LogP contribution < -0.4 is 15.1 Å². The van der Waals surface area contributed by atoms with Gasteiger partial charge in [0.25, 0.3) is 11.8 Å². The van der Waals surface area contributed by atoms with Crippen molar-refractivity contribution in [2.24, 2.45) is 5.10 Å². The number of benzene rings is 2. The molecule has 4 rings (SSSR count). The molecule has 0 saturated carbocycles. The van der Waals surface area contributed by atoms with Crippen LogP contribution in [0.4, 0.5) is 5.69 Å². The fourth-order valence-corrected chi connectivity index (χ4v) is 3.91. The van der Waals surface area contributed by atoms with Crippen molar-refractivity contribution in [2.45, 2.75) is 13.0 Å². The van der Waals surface area contributed by atoms with E-state index in [0.717, 1.165) is 24.4 Å². The summed E-state index contributed by atoms with van der Waals surface area (Å²) in [6.07, 6.45) is 0. The molecule has 0 spiro atoms. The Bertz CT molecular complexity index is 957. The molecule has 0 bridgehead atoms. The molecule has 8 heteroatoms. The van der Waals surface area contributed by atoms with E-state index in [2.05, 4.69) is 27.6 Å². The predicted molar refractivity (Wildman–Crippen MR) is 117 cm³/mol. The Morgan fingerprint density at radius 1 is 1.10 bits per heavy atom. The van der Waals surface area contributed by atoms with Gasteiger partial charge in [0.15, 0.2) is 6.61 Å². The second-order valence-electron chi connectivity index (χ2n) is 7.49. The standard InChI is InChI=1S/C23H26N4O4/c1-17(23(18-7-3-2-4-8-18)26-11-13-30-14-12-26)24-25-21(28)15-27-19-9-5-6-10-20(19)31-16-22(27)29/h2-10,23H,11-16H2,1H3,(H,25,28)/b24-17-/t23-/m1/s1. The molecule has 0 radical (unpaired) electrons. The lowest BCUT2D eigenvalue weighted by molar-refractivity contribution is -0.125. The Labute approximate surface area is 181 Å². The van der Waals surface area contributed by atoms with Gasteiger partial charge < -0.3 is 9.47 Å². The summed E-state index contributed by atoms with van der Waals surface area (Å²) in [6, 6.07) is 17.2. The molecule has 31 heavy (non-hydrogen) atoms. The lowest BCUT2D eigenvalue weighted by Gasteiger charge is -2.34. The maximum Gasteiger partial charge on any atom is 0.265 e. The van der Waals surface area contributed by atoms with Crippen LogP contribution in [-0.4, -0.2) is 61.9 Å². The van der Waals surface area contributed by atoms with Gasteiger partial charge in [0.1, 0.15) is 12.3 Å². The minimum absolute atomic E-state index is 0.0591. The summed E-state index contributed by atoms with van der Waals surface area (Å²) in [5.74, 6) is -0.0331. The van der Waals surface area contributed by atoms with Gasteiger partial charge in [0, 0.05) is 13.1 Å². The first kappa shape index (κ1) is 21.0. The van der Waals surface area contributed by atoms with Crippen molar-refractivity contribution in [3.8, 4) is 5.75 Å². The van der Waals surface area contributed by atoms with E-state index in [1.807, 2.05) is 31.2 Å². The van der Waals surface area contributed by atoms with Crippen LogP contribution in [-0.2, 0) is 14.3 Å². The molecule has 1 atom stereocenters. The molecule has 1 N–H and O–H groups in total. The quantitative estimate of drug-likeness (QED) is 0.569. The first-order chi connectivity index (χ1) is 15.1. The van der Waals surface area contributed by atoms with Crippen LogP contribution in [0, 0.1) is 0 Å². The number of amides is 2. The van der Waals surface area contributed by atoms with E-state index in [-0.39, 0.29) is 31.0 Å². The fourth-order valence-electron chi connectivity index (χ4n) is 3.91. The third kappa shape index (κ3) is 4.92. The summed E-state index contributed by atoms with van der Waals surface area (Å²) in [5.41, 5.74) is 5.10. The molecule has 0 unspecified atom stereocenters. The van der Waals surface area contributed by atoms with Crippen LogP contribution in [0.15, 0.2) is 59.7 Å². The van der Waals surface area contributed by atoms with E-state index < -0.39 is 0 Å². The lowest BCUT2D eigenvalue weighted by atomic mass is 10.0. The van der Waals surface area contributed by atoms with Gasteiger partial charge in [-0.3, -0.25) is 19.4 Å². The van der Waals surface area contributed by atoms with Gasteiger partial charge in [0.05, 0.1) is 30.7 Å². The van der Waals surface area contributed by atoms with E-state index in [1.54, 1.807) is 18.2 Å². The molecule has 2 heterocycles. The van der Waals surface area contributed by atoms with Crippen molar-refractivity contribution < 1.29 is 19.1 Å². The monoisotopic (exact) mass is 422 g/mol. The average Bonchev–Trinajstić information content (AvgIpc) is 2.81. The van der Waals surface area contributed by atoms with Crippen LogP contribution in [0.5, 0.6) is 5.75 Å². The average molecular weight is 422 g/mol. The Balaban J connectivity index is 1.47. The number of rotatable bonds is 6. The minimum Gasteiger partial charge on any atom is -0.482 e. The summed E-state index contributed by atoms with van der Waals surface area (Å²) < 4.78 is 10.9. The number of hydrogen-bond donors (Lipinski definition) is 1. The second-order valence-corrected chi connectivity index (χ2v) is 7.49. The van der Waals surface area contributed by atoms with E-state index >= 15 is 0 Å². The second kappa shape index (κ2) is 9.72. The van der Waals surface area contributed by atoms with Gasteiger partial charge in [0.2, 0.25) is 0 Å². The molecular weight excluding hydrogens is 396 g/mol. The lowest BCUT2D eigenvalue weighted by Crippen LogP contribution is -2.45. The number of nitrogens with one attached hydrogen (secondary N) is 1. The largest absolute Gasteiger partial charge is 0.482 e. The molecule has 8 nitrogen and oxygen atoms in total. The number of fused-ring (bicyclic) bond motifs is 1. The maximum absolute atomic E-state index is 12.6. The first-order valence-corrected chi connectivity index (χ1v) is 10.4. The van der Waals surface area contributed by atoms with E-state index in [1.165, 1.54) is 4.90 Å². The van der Waals surface area contributed by atoms with Gasteiger partial charge in [-0.25, -0.2) is 5.43 Å². The van der Waals surface area contributed by atoms with Crippen LogP contribution in [0.25, 0.3) is 0 Å². The highest BCUT2D eigenvalue weighted by Gasteiger charge is 2.28. The zero-order chi connectivity index (χ0) is 21.6. The molecule has 1 saturated heterocycles. The van der Waals surface area contributed by atoms with Crippen LogP contribution in [0.2, 0.25) is 0 Å². The van der Waals surface area contributed by atoms with Crippen molar-refractivity contribution in [1.82, 2.24) is 10.3 Å². The number of nitrogens with zero attached hydrogens (tertiary/aromatic N) is 3. The molecule has 1 fully saturated rings. The summed E-state index contributed by atoms with van der Waals surface area (Å²) in [5, 5.41) is 4.39. The molecule has 2 aromatic rings. The molecule has 0 aliphatic carbocycles. The first-order valence-electron chi connectivity index (χ1n) is 10.4. The highest BCUT2D eigenvalue weighted by atomic mass is 16.5. The van der Waals surface area contributed by atoms with Crippen LogP contribution in [0.1, 0.15) is 18.5 Å². The Hall–Kier alpha value is -3.23. The Morgan fingerprint density at radius 2 is 1.81 bits per heavy atom. The van der Waals surface area contributed by atoms with Crippen molar-refractivity contribution in [3.63, 3.8) is 0 Å². The highest BCUT2D eigenvalue weighted by Crippen LogP contribution is 2.31. The molecule has 0 aromatic heterocycles. The molecule has 2 amide bonds. The number of ether oxygens (including phenoxy) is 2. The summed E-state index contributed by atoms with van der Waals surface area (Å²) >= 11 is 0. The van der Waals surface area contributed by atoms with E-state index in [0.29, 0.717) is 24.7 Å². The van der Waals surface area contributed by atoms with Crippen molar-refractivity contribution in [2.75, 3.05) is 44.4 Å². The third-order valence-corrected chi connectivity index (χ3v) is 5.39. The summed E-state index contributed by atoms with van der Waals surface area (Å²) in [4.78, 5) is 28.6. The molecule has 2 aromatic carbocycles. The third-order valence-electron chi connectivity index (χ3n) is 5.39. The van der Waals surface area contributed by atoms with Crippen molar-refractivity contribution in [1.29, 1.82) is 0 Å². The highest BCUT2D eigenvalue weighted by molar-refractivity contribution is 6.02. The maximum atomic E-state index is 12.6. The number of para-hydroxylation sites is 2. The zero-order valence-electron chi connectivity index (χ0n) is 17.5. The Kier molecular flexibility index (Phi) is 6.59. The zero-order valence-corrected chi connectivity index (χ0v) is 17.5. The topological polar surface area (TPSA) is 83.5 Å². The van der Waals surface area contributed by atoms with Gasteiger partial charge in [-0.2, -0.15) is 5.10 Å². The van der Waals surface area contributed by atoms with Crippen LogP contribution >= 0.6 is 0 Å². The van der Waals surface area contributed by atoms with Crippen molar-refractivity contribution >= 4 is 23.2 Å². The number of anilines is 1. The van der Waals surface area contributed by atoms with E-state index in [4.69, 9.17) is 9.47 Å². The number of carbonyl (C=O) groups excluding carboxylic acids is 2. The molecule has 2 aliphatic heterocycles. The SMILES string of the molecule is C/C(=N/NC(=O)CN1C(=O)COc2ccccc21)[C@H](c1ccccc1)N1CCOCC1. The summed E-state index contributed by atoms with van der Waals surface area (Å²) in [7, 11) is 0. The summed E-state index contributed by atoms with van der Waals surface area (Å²) in [6.45, 7) is 4.62. The van der Waals surface area contributed by atoms with Gasteiger partial charge in [-0.1, -0.05) is 42.5 Å². The fraction of sp³-hybridized carbons (Fsp3) is 0.348.